The van der Waals surface area contributed by atoms with Crippen molar-refractivity contribution in [1.29, 1.82) is 0 Å². The first-order valence-electron chi connectivity index (χ1n) is 9.12. The van der Waals surface area contributed by atoms with Crippen molar-refractivity contribution >= 4 is 63.6 Å². The van der Waals surface area contributed by atoms with Gasteiger partial charge >= 0.3 is 0 Å². The summed E-state index contributed by atoms with van der Waals surface area (Å²) in [6.45, 7) is 2.67. The molecule has 1 saturated heterocycles. The lowest BCUT2D eigenvalue weighted by molar-refractivity contribution is 0.415. The Morgan fingerprint density at radius 2 is 1.48 bits per heavy atom. The van der Waals surface area contributed by atoms with Crippen molar-refractivity contribution < 1.29 is 4.74 Å². The van der Waals surface area contributed by atoms with E-state index >= 15 is 0 Å². The molecule has 0 saturated carbocycles. The Balaban J connectivity index is 1.89. The van der Waals surface area contributed by atoms with Gasteiger partial charge in [-0.1, -0.05) is 41.5 Å². The number of anilines is 2. The van der Waals surface area contributed by atoms with E-state index in [2.05, 4.69) is 52.7 Å². The number of ether oxygens (including phenoxy) is 1. The van der Waals surface area contributed by atoms with Gasteiger partial charge < -0.3 is 9.41 Å². The van der Waals surface area contributed by atoms with Crippen LogP contribution in [0.3, 0.4) is 0 Å². The number of benzene rings is 3. The molecule has 0 N–H and O–H groups in total. The van der Waals surface area contributed by atoms with Gasteiger partial charge in [0.1, 0.15) is 10.7 Å². The first-order valence-corrected chi connectivity index (χ1v) is 12.6. The van der Waals surface area contributed by atoms with Crippen LogP contribution in [0.1, 0.15) is 5.56 Å². The molecule has 1 fully saturated rings. The molecule has 148 valence electrons. The molecular weight excluding hydrogens is 439 g/mol. The SMILES string of the molecule is COc1ccc(P2(=S)N(c3ccc(Cl)cc3)CC(=S)N2c2ccc(C)cc2)cc1. The van der Waals surface area contributed by atoms with Gasteiger partial charge in [0.05, 0.1) is 13.7 Å². The Hall–Kier alpha value is -1.91. The van der Waals surface area contributed by atoms with E-state index < -0.39 is 6.34 Å². The number of hydrogen-bond acceptors (Lipinski definition) is 3. The zero-order valence-corrected chi connectivity index (χ0v) is 19.4. The van der Waals surface area contributed by atoms with Gasteiger partial charge in [-0.2, -0.15) is 0 Å². The van der Waals surface area contributed by atoms with Gasteiger partial charge in [-0.05, 0) is 79.4 Å². The molecule has 0 aromatic heterocycles. The summed E-state index contributed by atoms with van der Waals surface area (Å²) in [7, 11) is 1.66. The molecule has 0 bridgehead atoms. The molecule has 3 nitrogen and oxygen atoms in total. The number of methoxy groups -OCH3 is 1. The van der Waals surface area contributed by atoms with Crippen LogP contribution in [0, 0.1) is 6.92 Å². The molecule has 1 atom stereocenters. The predicted octanol–water partition coefficient (Wildman–Crippen LogP) is 5.95. The summed E-state index contributed by atoms with van der Waals surface area (Å²) in [5.74, 6) is 0.803. The average molecular weight is 459 g/mol. The van der Waals surface area contributed by atoms with E-state index in [1.807, 2.05) is 36.4 Å². The number of hydrogen-bond donors (Lipinski definition) is 0. The Morgan fingerprint density at radius 3 is 2.07 bits per heavy atom. The van der Waals surface area contributed by atoms with Crippen LogP contribution in [0.4, 0.5) is 11.4 Å². The maximum Gasteiger partial charge on any atom is 0.158 e. The summed E-state index contributed by atoms with van der Waals surface area (Å²) in [5, 5.41) is 1.76. The third-order valence-electron chi connectivity index (χ3n) is 4.93. The van der Waals surface area contributed by atoms with Gasteiger partial charge in [-0.25, -0.2) is 0 Å². The lowest BCUT2D eigenvalue weighted by Crippen LogP contribution is -2.27. The molecule has 3 aromatic rings. The number of nitrogens with zero attached hydrogens (tertiary/aromatic N) is 2. The Labute approximate surface area is 187 Å². The molecule has 7 heteroatoms. The molecule has 3 aromatic carbocycles. The van der Waals surface area contributed by atoms with Crippen LogP contribution in [0.5, 0.6) is 5.75 Å². The van der Waals surface area contributed by atoms with Crippen LogP contribution in [0.25, 0.3) is 0 Å². The van der Waals surface area contributed by atoms with E-state index in [1.54, 1.807) is 7.11 Å². The molecule has 0 spiro atoms. The normalized spacial score (nSPS) is 18.9. The topological polar surface area (TPSA) is 15.7 Å². The minimum absolute atomic E-state index is 0.591. The second-order valence-corrected chi connectivity index (χ2v) is 11.7. The molecule has 1 aliphatic heterocycles. The summed E-state index contributed by atoms with van der Waals surface area (Å²) in [4.78, 5) is 0.822. The third kappa shape index (κ3) is 3.69. The molecule has 1 unspecified atom stereocenters. The highest BCUT2D eigenvalue weighted by Gasteiger charge is 2.44. The van der Waals surface area contributed by atoms with Crippen molar-refractivity contribution in [1.82, 2.24) is 0 Å². The third-order valence-corrected chi connectivity index (χ3v) is 10.4. The molecular formula is C22H20ClN2OPS2. The van der Waals surface area contributed by atoms with E-state index in [0.29, 0.717) is 11.6 Å². The largest absolute Gasteiger partial charge is 0.497 e. The minimum Gasteiger partial charge on any atom is -0.497 e. The van der Waals surface area contributed by atoms with Crippen molar-refractivity contribution in [2.24, 2.45) is 0 Å². The first-order chi connectivity index (χ1) is 13.9. The maximum atomic E-state index is 6.46. The van der Waals surface area contributed by atoms with Gasteiger partial charge in [0.2, 0.25) is 0 Å². The van der Waals surface area contributed by atoms with E-state index in [-0.39, 0.29) is 0 Å². The number of aryl methyl sites for hydroxylation is 1. The molecule has 0 aliphatic carbocycles. The molecule has 4 rings (SSSR count). The van der Waals surface area contributed by atoms with Crippen molar-refractivity contribution in [2.75, 3.05) is 23.0 Å². The Morgan fingerprint density at radius 1 is 0.897 bits per heavy atom. The summed E-state index contributed by atoms with van der Waals surface area (Å²) in [6, 6.07) is 24.2. The van der Waals surface area contributed by atoms with E-state index in [0.717, 1.165) is 27.4 Å². The Kier molecular flexibility index (Phi) is 5.67. The fourth-order valence-electron chi connectivity index (χ4n) is 3.43. The van der Waals surface area contributed by atoms with E-state index in [9.17, 15) is 0 Å². The van der Waals surface area contributed by atoms with Crippen LogP contribution in [-0.2, 0) is 11.8 Å². The van der Waals surface area contributed by atoms with Gasteiger partial charge in [0.15, 0.2) is 6.34 Å². The van der Waals surface area contributed by atoms with Crippen molar-refractivity contribution in [2.45, 2.75) is 6.92 Å². The standard InChI is InChI=1S/C22H20ClN2OPS2/c1-16-3-7-19(8-4-16)25-22(28)15-24(18-9-5-17(23)6-10-18)27(25,29)21-13-11-20(26-2)12-14-21/h3-14H,15H2,1-2H3. The van der Waals surface area contributed by atoms with E-state index in [1.165, 1.54) is 5.56 Å². The van der Waals surface area contributed by atoms with Gasteiger partial charge in [-0.15, -0.1) is 0 Å². The lowest BCUT2D eigenvalue weighted by atomic mass is 10.2. The first kappa shape index (κ1) is 20.4. The summed E-state index contributed by atoms with van der Waals surface area (Å²) in [5.41, 5.74) is 3.24. The summed E-state index contributed by atoms with van der Waals surface area (Å²) in [6.07, 6.45) is -2.44. The van der Waals surface area contributed by atoms with Crippen molar-refractivity contribution in [3.63, 3.8) is 0 Å². The molecule has 0 amide bonds. The van der Waals surface area contributed by atoms with Crippen LogP contribution >= 0.6 is 30.2 Å². The fourth-order valence-corrected chi connectivity index (χ4v) is 8.64. The highest BCUT2D eigenvalue weighted by Crippen LogP contribution is 2.60. The van der Waals surface area contributed by atoms with Crippen LogP contribution in [0.15, 0.2) is 72.8 Å². The maximum absolute atomic E-state index is 6.46. The summed E-state index contributed by atoms with van der Waals surface area (Å²) < 4.78 is 9.77. The molecule has 0 radical (unpaired) electrons. The van der Waals surface area contributed by atoms with Crippen LogP contribution < -0.4 is 19.4 Å². The van der Waals surface area contributed by atoms with Gasteiger partial charge in [0, 0.05) is 21.7 Å². The number of thiocarbonyl (C=S) groups is 1. The van der Waals surface area contributed by atoms with Gasteiger partial charge in [-0.3, -0.25) is 4.67 Å². The fraction of sp³-hybridized carbons (Fsp3) is 0.136. The minimum atomic E-state index is -2.44. The second kappa shape index (κ2) is 8.08. The lowest BCUT2D eigenvalue weighted by Gasteiger charge is -2.36. The molecule has 29 heavy (non-hydrogen) atoms. The van der Waals surface area contributed by atoms with Crippen LogP contribution in [-0.4, -0.2) is 18.6 Å². The quantitative estimate of drug-likeness (QED) is 0.353. The van der Waals surface area contributed by atoms with Crippen molar-refractivity contribution in [3.05, 3.63) is 83.4 Å². The number of rotatable bonds is 4. The monoisotopic (exact) mass is 458 g/mol. The Bertz CT molecular complexity index is 1090. The smallest absolute Gasteiger partial charge is 0.158 e. The zero-order chi connectivity index (χ0) is 20.6. The molecule has 1 aliphatic rings. The van der Waals surface area contributed by atoms with Crippen molar-refractivity contribution in [3.8, 4) is 5.75 Å². The zero-order valence-electron chi connectivity index (χ0n) is 16.1. The highest BCUT2D eigenvalue weighted by atomic mass is 35.5. The van der Waals surface area contributed by atoms with E-state index in [4.69, 9.17) is 40.4 Å². The average Bonchev–Trinajstić information content (AvgIpc) is 3.01. The van der Waals surface area contributed by atoms with Gasteiger partial charge in [0.25, 0.3) is 0 Å². The molecule has 1 heterocycles. The highest BCUT2D eigenvalue weighted by molar-refractivity contribution is 8.20. The predicted molar refractivity (Wildman–Crippen MR) is 132 cm³/mol. The second-order valence-electron chi connectivity index (χ2n) is 6.82. The van der Waals surface area contributed by atoms with Crippen LogP contribution in [0.2, 0.25) is 5.02 Å². The number of halogens is 1. The summed E-state index contributed by atoms with van der Waals surface area (Å²) >= 11 is 18.4.